The molecule has 0 saturated carbocycles. The van der Waals surface area contributed by atoms with Crippen LogP contribution in [0.15, 0.2) is 48.5 Å². The van der Waals surface area contributed by atoms with E-state index in [0.717, 1.165) is 6.07 Å². The van der Waals surface area contributed by atoms with Gasteiger partial charge in [-0.2, -0.15) is 8.78 Å². The molecular weight excluding hydrogens is 537 g/mol. The predicted molar refractivity (Wildman–Crippen MR) is 123 cm³/mol. The first kappa shape index (κ1) is 28.8. The zero-order chi connectivity index (χ0) is 28.2. The van der Waals surface area contributed by atoms with Crippen LogP contribution in [0.3, 0.4) is 0 Å². The average molecular weight is 560 g/mol. The maximum absolute atomic E-state index is 14.9. The lowest BCUT2D eigenvalue weighted by atomic mass is 10.00. The molecule has 0 aliphatic carbocycles. The van der Waals surface area contributed by atoms with Crippen molar-refractivity contribution < 1.29 is 54.4 Å². The standard InChI is InChI=1S/C27H23F7O5/c1-2-35-14-36-11-15-12-37-26(38-13-15)16-3-4-21(22(30)5-16)17-6-23(31)25(24(32)7-17)27(33,34)39-20-9-18(28)8-19(29)10-20/h3-10,15,26H,2,11-14H2,1H3. The number of alkyl halides is 2. The van der Waals surface area contributed by atoms with Gasteiger partial charge in [0.25, 0.3) is 0 Å². The van der Waals surface area contributed by atoms with Gasteiger partial charge in [0, 0.05) is 41.9 Å². The first-order chi connectivity index (χ1) is 18.6. The fraction of sp³-hybridized carbons (Fsp3) is 0.333. The monoisotopic (exact) mass is 560 g/mol. The Morgan fingerprint density at radius 3 is 2.05 bits per heavy atom. The molecule has 1 fully saturated rings. The third kappa shape index (κ3) is 7.07. The van der Waals surface area contributed by atoms with E-state index in [2.05, 4.69) is 4.74 Å². The molecule has 3 aromatic carbocycles. The molecule has 1 aliphatic heterocycles. The van der Waals surface area contributed by atoms with E-state index in [1.54, 1.807) is 0 Å². The van der Waals surface area contributed by atoms with Gasteiger partial charge in [-0.1, -0.05) is 12.1 Å². The van der Waals surface area contributed by atoms with Crippen LogP contribution in [0.4, 0.5) is 30.7 Å². The maximum atomic E-state index is 14.9. The number of rotatable bonds is 10. The Morgan fingerprint density at radius 1 is 0.821 bits per heavy atom. The zero-order valence-corrected chi connectivity index (χ0v) is 20.5. The molecule has 0 unspecified atom stereocenters. The predicted octanol–water partition coefficient (Wildman–Crippen LogP) is 6.85. The van der Waals surface area contributed by atoms with Crippen LogP contribution < -0.4 is 4.74 Å². The van der Waals surface area contributed by atoms with E-state index in [9.17, 15) is 30.7 Å². The average Bonchev–Trinajstić information content (AvgIpc) is 2.85. The smallest absolute Gasteiger partial charge is 0.429 e. The molecule has 0 bridgehead atoms. The summed E-state index contributed by atoms with van der Waals surface area (Å²) < 4.78 is 126. The molecule has 0 atom stereocenters. The van der Waals surface area contributed by atoms with Crippen LogP contribution >= 0.6 is 0 Å². The fourth-order valence-corrected chi connectivity index (χ4v) is 3.89. The molecule has 4 rings (SSSR count). The van der Waals surface area contributed by atoms with Crippen LogP contribution in [0.25, 0.3) is 11.1 Å². The number of halogens is 7. The quantitative estimate of drug-likeness (QED) is 0.154. The van der Waals surface area contributed by atoms with E-state index in [-0.39, 0.29) is 37.1 Å². The Bertz CT molecular complexity index is 1250. The molecule has 3 aromatic rings. The molecule has 0 radical (unpaired) electrons. The first-order valence-electron chi connectivity index (χ1n) is 11.8. The van der Waals surface area contributed by atoms with Crippen LogP contribution in [-0.2, 0) is 25.1 Å². The lowest BCUT2D eigenvalue weighted by Gasteiger charge is -2.29. The Hall–Kier alpha value is -3.19. The van der Waals surface area contributed by atoms with Crippen molar-refractivity contribution in [2.45, 2.75) is 19.3 Å². The number of benzene rings is 3. The van der Waals surface area contributed by atoms with Crippen molar-refractivity contribution in [1.29, 1.82) is 0 Å². The lowest BCUT2D eigenvalue weighted by molar-refractivity contribution is -0.216. The number of hydrogen-bond acceptors (Lipinski definition) is 5. The molecule has 0 spiro atoms. The summed E-state index contributed by atoms with van der Waals surface area (Å²) in [6, 6.07) is 5.92. The molecule has 5 nitrogen and oxygen atoms in total. The van der Waals surface area contributed by atoms with Gasteiger partial charge in [0.2, 0.25) is 0 Å². The van der Waals surface area contributed by atoms with E-state index in [1.807, 2.05) is 6.92 Å². The van der Waals surface area contributed by atoms with Crippen LogP contribution in [0.1, 0.15) is 24.3 Å². The van der Waals surface area contributed by atoms with Gasteiger partial charge in [0.15, 0.2) is 6.29 Å². The van der Waals surface area contributed by atoms with Crippen LogP contribution in [0.2, 0.25) is 0 Å². The topological polar surface area (TPSA) is 46.2 Å². The second kappa shape index (κ2) is 12.3. The van der Waals surface area contributed by atoms with Crippen molar-refractivity contribution in [3.05, 3.63) is 88.7 Å². The maximum Gasteiger partial charge on any atom is 0.432 e. The highest BCUT2D eigenvalue weighted by Crippen LogP contribution is 2.38. The Labute approximate surface area is 219 Å². The first-order valence-corrected chi connectivity index (χ1v) is 11.8. The SMILES string of the molecule is CCOCOCC1COC(c2ccc(-c3cc(F)c(C(F)(F)Oc4cc(F)cc(F)c4)c(F)c3)c(F)c2)OC1. The Morgan fingerprint density at radius 2 is 1.46 bits per heavy atom. The third-order valence-corrected chi connectivity index (χ3v) is 5.68. The summed E-state index contributed by atoms with van der Waals surface area (Å²) in [6.45, 7) is 3.39. The molecule has 12 heteroatoms. The minimum absolute atomic E-state index is 0.0580. The zero-order valence-electron chi connectivity index (χ0n) is 20.5. The van der Waals surface area contributed by atoms with E-state index < -0.39 is 52.8 Å². The molecule has 210 valence electrons. The summed E-state index contributed by atoms with van der Waals surface area (Å²) in [5.74, 6) is -7.93. The summed E-state index contributed by atoms with van der Waals surface area (Å²) in [7, 11) is 0. The Balaban J connectivity index is 1.47. The molecule has 0 N–H and O–H groups in total. The van der Waals surface area contributed by atoms with E-state index in [0.29, 0.717) is 49.1 Å². The summed E-state index contributed by atoms with van der Waals surface area (Å²) >= 11 is 0. The fourth-order valence-electron chi connectivity index (χ4n) is 3.89. The van der Waals surface area contributed by atoms with E-state index in [1.165, 1.54) is 12.1 Å². The highest BCUT2D eigenvalue weighted by molar-refractivity contribution is 5.65. The van der Waals surface area contributed by atoms with Crippen molar-refractivity contribution in [3.8, 4) is 16.9 Å². The van der Waals surface area contributed by atoms with Gasteiger partial charge in [-0.15, -0.1) is 0 Å². The van der Waals surface area contributed by atoms with Gasteiger partial charge < -0.3 is 23.7 Å². The Kier molecular flexibility index (Phi) is 9.11. The summed E-state index contributed by atoms with van der Waals surface area (Å²) in [5.41, 5.74) is -2.17. The summed E-state index contributed by atoms with van der Waals surface area (Å²) in [4.78, 5) is 0. The van der Waals surface area contributed by atoms with Crippen LogP contribution in [-0.4, -0.2) is 33.2 Å². The number of ether oxygens (including phenoxy) is 5. The molecule has 0 amide bonds. The van der Waals surface area contributed by atoms with Gasteiger partial charge in [0.1, 0.15) is 47.2 Å². The largest absolute Gasteiger partial charge is 0.432 e. The van der Waals surface area contributed by atoms with Crippen LogP contribution in [0.5, 0.6) is 5.75 Å². The third-order valence-electron chi connectivity index (χ3n) is 5.68. The second-order valence-corrected chi connectivity index (χ2v) is 8.62. The molecule has 1 heterocycles. The van der Waals surface area contributed by atoms with E-state index in [4.69, 9.17) is 18.9 Å². The van der Waals surface area contributed by atoms with Crippen molar-refractivity contribution in [3.63, 3.8) is 0 Å². The van der Waals surface area contributed by atoms with Crippen molar-refractivity contribution >= 4 is 0 Å². The van der Waals surface area contributed by atoms with Gasteiger partial charge in [-0.3, -0.25) is 0 Å². The minimum Gasteiger partial charge on any atom is -0.429 e. The normalized spacial score (nSPS) is 17.8. The highest BCUT2D eigenvalue weighted by atomic mass is 19.3. The van der Waals surface area contributed by atoms with Crippen molar-refractivity contribution in [2.24, 2.45) is 5.92 Å². The molecule has 1 aliphatic rings. The molecule has 39 heavy (non-hydrogen) atoms. The summed E-state index contributed by atoms with van der Waals surface area (Å²) in [5, 5.41) is 0. The summed E-state index contributed by atoms with van der Waals surface area (Å²) in [6.07, 6.45) is -5.53. The molecule has 1 saturated heterocycles. The van der Waals surface area contributed by atoms with Gasteiger partial charge in [0.05, 0.1) is 19.8 Å². The second-order valence-electron chi connectivity index (χ2n) is 8.62. The number of hydrogen-bond donors (Lipinski definition) is 0. The van der Waals surface area contributed by atoms with Crippen LogP contribution in [0, 0.1) is 35.0 Å². The van der Waals surface area contributed by atoms with E-state index >= 15 is 0 Å². The lowest BCUT2D eigenvalue weighted by Crippen LogP contribution is -2.30. The van der Waals surface area contributed by atoms with Crippen molar-refractivity contribution in [1.82, 2.24) is 0 Å². The van der Waals surface area contributed by atoms with Gasteiger partial charge >= 0.3 is 6.11 Å². The molecular formula is C27H23F7O5. The van der Waals surface area contributed by atoms with Gasteiger partial charge in [-0.05, 0) is 30.7 Å². The minimum atomic E-state index is -4.64. The van der Waals surface area contributed by atoms with Crippen molar-refractivity contribution in [2.75, 3.05) is 33.2 Å². The van der Waals surface area contributed by atoms with Gasteiger partial charge in [-0.25, -0.2) is 22.0 Å². The highest BCUT2D eigenvalue weighted by Gasteiger charge is 2.41. The molecule has 0 aromatic heterocycles.